The van der Waals surface area contributed by atoms with Gasteiger partial charge in [-0.1, -0.05) is 5.16 Å². The number of hydrogen-bond acceptors (Lipinski definition) is 6. The SMILES string of the molecule is Cc1nn(C)cc1C(=O)N1CCCC(c2nc(-c3cccnc3)no2)C1. The van der Waals surface area contributed by atoms with Gasteiger partial charge in [0.1, 0.15) is 0 Å². The highest BCUT2D eigenvalue weighted by Gasteiger charge is 2.30. The third-order valence-electron chi connectivity index (χ3n) is 4.66. The average molecular weight is 352 g/mol. The zero-order chi connectivity index (χ0) is 18.1. The molecule has 4 heterocycles. The third kappa shape index (κ3) is 3.10. The van der Waals surface area contributed by atoms with Gasteiger partial charge in [0.2, 0.25) is 11.7 Å². The van der Waals surface area contributed by atoms with Crippen LogP contribution in [-0.2, 0) is 7.05 Å². The number of nitrogens with zero attached hydrogens (tertiary/aromatic N) is 6. The topological polar surface area (TPSA) is 89.9 Å². The maximum atomic E-state index is 12.8. The van der Waals surface area contributed by atoms with Gasteiger partial charge in [-0.25, -0.2) is 0 Å². The normalized spacial score (nSPS) is 17.5. The van der Waals surface area contributed by atoms with Crippen molar-refractivity contribution < 1.29 is 9.32 Å². The number of carbonyl (C=O) groups excluding carboxylic acids is 1. The molecule has 1 aliphatic rings. The summed E-state index contributed by atoms with van der Waals surface area (Å²) < 4.78 is 7.15. The maximum absolute atomic E-state index is 12.8. The molecule has 0 radical (unpaired) electrons. The Morgan fingerprint density at radius 1 is 1.38 bits per heavy atom. The Morgan fingerprint density at radius 2 is 2.27 bits per heavy atom. The first kappa shape index (κ1) is 16.4. The van der Waals surface area contributed by atoms with Gasteiger partial charge in [-0.2, -0.15) is 10.1 Å². The van der Waals surface area contributed by atoms with Crippen molar-refractivity contribution >= 4 is 5.91 Å². The first-order valence-electron chi connectivity index (χ1n) is 8.65. The molecule has 1 atom stereocenters. The summed E-state index contributed by atoms with van der Waals surface area (Å²) in [5.74, 6) is 1.15. The molecule has 1 fully saturated rings. The molecule has 3 aromatic heterocycles. The molecule has 1 aliphatic heterocycles. The second kappa shape index (κ2) is 6.70. The highest BCUT2D eigenvalue weighted by molar-refractivity contribution is 5.95. The van der Waals surface area contributed by atoms with E-state index in [9.17, 15) is 4.79 Å². The molecular formula is C18H20N6O2. The van der Waals surface area contributed by atoms with Crippen LogP contribution in [0.3, 0.4) is 0 Å². The minimum Gasteiger partial charge on any atom is -0.339 e. The van der Waals surface area contributed by atoms with Crippen LogP contribution in [-0.4, -0.2) is 48.8 Å². The van der Waals surface area contributed by atoms with Gasteiger partial charge in [-0.3, -0.25) is 14.5 Å². The molecule has 8 heteroatoms. The minimum atomic E-state index is 0.00676. The fourth-order valence-corrected chi connectivity index (χ4v) is 3.36. The fourth-order valence-electron chi connectivity index (χ4n) is 3.36. The zero-order valence-corrected chi connectivity index (χ0v) is 14.8. The third-order valence-corrected chi connectivity index (χ3v) is 4.66. The highest BCUT2D eigenvalue weighted by atomic mass is 16.5. The van der Waals surface area contributed by atoms with Crippen molar-refractivity contribution in [2.24, 2.45) is 7.05 Å². The quantitative estimate of drug-likeness (QED) is 0.718. The Labute approximate surface area is 150 Å². The summed E-state index contributed by atoms with van der Waals surface area (Å²) in [4.78, 5) is 23.3. The van der Waals surface area contributed by atoms with Crippen molar-refractivity contribution in [1.29, 1.82) is 0 Å². The monoisotopic (exact) mass is 352 g/mol. The molecule has 3 aromatic rings. The average Bonchev–Trinajstić information content (AvgIpc) is 3.28. The molecule has 8 nitrogen and oxygen atoms in total. The lowest BCUT2D eigenvalue weighted by atomic mass is 9.97. The van der Waals surface area contributed by atoms with E-state index in [1.807, 2.05) is 31.0 Å². The van der Waals surface area contributed by atoms with E-state index in [1.54, 1.807) is 23.3 Å². The Hall–Kier alpha value is -3.03. The van der Waals surface area contributed by atoms with Gasteiger partial charge in [0.25, 0.3) is 5.91 Å². The van der Waals surface area contributed by atoms with E-state index in [0.29, 0.717) is 23.8 Å². The summed E-state index contributed by atoms with van der Waals surface area (Å²) in [6.45, 7) is 3.15. The molecule has 26 heavy (non-hydrogen) atoms. The molecule has 0 bridgehead atoms. The molecule has 0 N–H and O–H groups in total. The second-order valence-electron chi connectivity index (χ2n) is 6.59. The van der Waals surface area contributed by atoms with Crippen molar-refractivity contribution in [3.05, 3.63) is 47.9 Å². The number of likely N-dealkylation sites (tertiary alicyclic amines) is 1. The summed E-state index contributed by atoms with van der Waals surface area (Å²) in [6.07, 6.45) is 7.01. The first-order chi connectivity index (χ1) is 12.6. The molecule has 4 rings (SSSR count). The van der Waals surface area contributed by atoms with E-state index >= 15 is 0 Å². The summed E-state index contributed by atoms with van der Waals surface area (Å²) in [5, 5.41) is 8.33. The van der Waals surface area contributed by atoms with Gasteiger partial charge in [0, 0.05) is 44.3 Å². The lowest BCUT2D eigenvalue weighted by molar-refractivity contribution is 0.0695. The smallest absolute Gasteiger partial charge is 0.257 e. The zero-order valence-electron chi connectivity index (χ0n) is 14.8. The molecule has 1 amide bonds. The molecule has 0 aromatic carbocycles. The van der Waals surface area contributed by atoms with Crippen molar-refractivity contribution in [3.8, 4) is 11.4 Å². The van der Waals surface area contributed by atoms with Crippen molar-refractivity contribution in [2.75, 3.05) is 13.1 Å². The summed E-state index contributed by atoms with van der Waals surface area (Å²) in [7, 11) is 1.82. The van der Waals surface area contributed by atoms with Crippen LogP contribution < -0.4 is 0 Å². The van der Waals surface area contributed by atoms with Gasteiger partial charge < -0.3 is 9.42 Å². The number of aromatic nitrogens is 5. The molecule has 1 unspecified atom stereocenters. The van der Waals surface area contributed by atoms with E-state index in [2.05, 4.69) is 20.2 Å². The number of amides is 1. The van der Waals surface area contributed by atoms with Gasteiger partial charge in [-0.15, -0.1) is 0 Å². The number of aryl methyl sites for hydroxylation is 2. The van der Waals surface area contributed by atoms with Crippen LogP contribution in [0.25, 0.3) is 11.4 Å². The van der Waals surface area contributed by atoms with Crippen LogP contribution in [0.15, 0.2) is 35.2 Å². The summed E-state index contributed by atoms with van der Waals surface area (Å²) in [5.41, 5.74) is 2.21. The maximum Gasteiger partial charge on any atom is 0.257 e. The standard InChI is InChI=1S/C18H20N6O2/c1-12-15(11-23(2)21-12)18(25)24-8-4-6-14(10-24)17-20-16(22-26-17)13-5-3-7-19-9-13/h3,5,7,9,11,14H,4,6,8,10H2,1-2H3. The largest absolute Gasteiger partial charge is 0.339 e. The van der Waals surface area contributed by atoms with Crippen LogP contribution in [0.4, 0.5) is 0 Å². The van der Waals surface area contributed by atoms with E-state index in [-0.39, 0.29) is 11.8 Å². The molecule has 134 valence electrons. The van der Waals surface area contributed by atoms with E-state index in [4.69, 9.17) is 4.52 Å². The Bertz CT molecular complexity index is 917. The lowest BCUT2D eigenvalue weighted by Gasteiger charge is -2.30. The molecular weight excluding hydrogens is 332 g/mol. The van der Waals surface area contributed by atoms with Crippen LogP contribution >= 0.6 is 0 Å². The Morgan fingerprint density at radius 3 is 3.00 bits per heavy atom. The Kier molecular flexibility index (Phi) is 4.24. The number of carbonyl (C=O) groups is 1. The predicted octanol–water partition coefficient (Wildman–Crippen LogP) is 2.19. The lowest BCUT2D eigenvalue weighted by Crippen LogP contribution is -2.39. The highest BCUT2D eigenvalue weighted by Crippen LogP contribution is 2.28. The molecule has 0 saturated carbocycles. The van der Waals surface area contributed by atoms with Crippen LogP contribution in [0.1, 0.15) is 40.7 Å². The number of pyridine rings is 1. The predicted molar refractivity (Wildman–Crippen MR) is 93.4 cm³/mol. The molecule has 0 spiro atoms. The summed E-state index contributed by atoms with van der Waals surface area (Å²) in [6, 6.07) is 3.73. The van der Waals surface area contributed by atoms with Gasteiger partial charge in [0.15, 0.2) is 0 Å². The van der Waals surface area contributed by atoms with E-state index in [0.717, 1.165) is 30.6 Å². The fraction of sp³-hybridized carbons (Fsp3) is 0.389. The second-order valence-corrected chi connectivity index (χ2v) is 6.59. The summed E-state index contributed by atoms with van der Waals surface area (Å²) >= 11 is 0. The van der Waals surface area contributed by atoms with Crippen molar-refractivity contribution in [2.45, 2.75) is 25.7 Å². The number of rotatable bonds is 3. The minimum absolute atomic E-state index is 0.00676. The van der Waals surface area contributed by atoms with Crippen LogP contribution in [0.5, 0.6) is 0 Å². The van der Waals surface area contributed by atoms with Crippen LogP contribution in [0, 0.1) is 6.92 Å². The van der Waals surface area contributed by atoms with Crippen molar-refractivity contribution in [1.82, 2.24) is 29.8 Å². The van der Waals surface area contributed by atoms with Gasteiger partial charge in [0.05, 0.1) is 17.2 Å². The molecule has 1 saturated heterocycles. The Balaban J connectivity index is 1.51. The van der Waals surface area contributed by atoms with E-state index < -0.39 is 0 Å². The van der Waals surface area contributed by atoms with Crippen molar-refractivity contribution in [3.63, 3.8) is 0 Å². The van der Waals surface area contributed by atoms with E-state index in [1.165, 1.54) is 0 Å². The van der Waals surface area contributed by atoms with Gasteiger partial charge in [-0.05, 0) is 31.9 Å². The first-order valence-corrected chi connectivity index (χ1v) is 8.65. The van der Waals surface area contributed by atoms with Gasteiger partial charge >= 0.3 is 0 Å². The van der Waals surface area contributed by atoms with Crippen LogP contribution in [0.2, 0.25) is 0 Å². The molecule has 0 aliphatic carbocycles. The number of piperidine rings is 1. The number of hydrogen-bond donors (Lipinski definition) is 0.